The lowest BCUT2D eigenvalue weighted by Crippen LogP contribution is -2.48. The van der Waals surface area contributed by atoms with E-state index in [-0.39, 0.29) is 28.5 Å². The first-order chi connectivity index (χ1) is 15.2. The summed E-state index contributed by atoms with van der Waals surface area (Å²) in [4.78, 5) is 12.5. The summed E-state index contributed by atoms with van der Waals surface area (Å²) >= 11 is 11.3. The summed E-state index contributed by atoms with van der Waals surface area (Å²) in [5.74, 6) is 0.358. The van der Waals surface area contributed by atoms with Crippen molar-refractivity contribution >= 4 is 39.5 Å². The molecule has 3 aromatic rings. The Bertz CT molecular complexity index is 1300. The van der Waals surface area contributed by atoms with E-state index in [9.17, 15) is 18.5 Å². The van der Waals surface area contributed by atoms with E-state index in [2.05, 4.69) is 5.10 Å². The Morgan fingerprint density at radius 1 is 1.12 bits per heavy atom. The third-order valence-corrected chi connectivity index (χ3v) is 7.47. The number of halogens is 1. The van der Waals surface area contributed by atoms with Crippen LogP contribution in [0.4, 0.5) is 5.69 Å². The number of hydrogen-bond donors (Lipinski definition) is 0. The number of piperazine rings is 1. The van der Waals surface area contributed by atoms with Crippen LogP contribution in [0.15, 0.2) is 57.8 Å². The Hall–Kier alpha value is -2.64. The summed E-state index contributed by atoms with van der Waals surface area (Å²) < 4.78 is 34.2. The van der Waals surface area contributed by atoms with Crippen molar-refractivity contribution in [1.29, 1.82) is 0 Å². The molecule has 0 atom stereocenters. The van der Waals surface area contributed by atoms with Crippen LogP contribution in [0, 0.1) is 15.0 Å². The van der Waals surface area contributed by atoms with Crippen molar-refractivity contribution in [2.75, 3.05) is 26.2 Å². The summed E-state index contributed by atoms with van der Waals surface area (Å²) in [5, 5.41) is 15.8. The molecule has 168 valence electrons. The highest BCUT2D eigenvalue weighted by Gasteiger charge is 2.29. The van der Waals surface area contributed by atoms with Crippen LogP contribution in [0.25, 0.3) is 11.5 Å². The minimum atomic E-state index is -3.73. The minimum Gasteiger partial charge on any atom is -0.409 e. The van der Waals surface area contributed by atoms with Crippen LogP contribution in [0.3, 0.4) is 0 Å². The van der Waals surface area contributed by atoms with Gasteiger partial charge >= 0.3 is 0 Å². The van der Waals surface area contributed by atoms with Crippen LogP contribution < -0.4 is 0 Å². The number of rotatable bonds is 6. The van der Waals surface area contributed by atoms with E-state index >= 15 is 0 Å². The molecule has 2 heterocycles. The van der Waals surface area contributed by atoms with Gasteiger partial charge < -0.3 is 4.42 Å². The van der Waals surface area contributed by atoms with E-state index in [1.165, 1.54) is 28.6 Å². The highest BCUT2D eigenvalue weighted by molar-refractivity contribution is 7.89. The van der Waals surface area contributed by atoms with Crippen molar-refractivity contribution in [3.8, 4) is 11.5 Å². The van der Waals surface area contributed by atoms with Gasteiger partial charge in [0.25, 0.3) is 10.5 Å². The van der Waals surface area contributed by atoms with Crippen molar-refractivity contribution < 1.29 is 17.8 Å². The summed E-state index contributed by atoms with van der Waals surface area (Å²) in [7, 11) is -3.73. The van der Waals surface area contributed by atoms with E-state index in [0.29, 0.717) is 36.2 Å². The molecular weight excluding hydrogens is 478 g/mol. The quantitative estimate of drug-likeness (QED) is 0.290. The molecule has 0 unspecified atom stereocenters. The number of nitrogens with zero attached hydrogens (tertiary/aromatic N) is 5. The second-order valence-corrected chi connectivity index (χ2v) is 9.82. The smallest absolute Gasteiger partial charge is 0.288 e. The predicted octanol–water partition coefficient (Wildman–Crippen LogP) is 3.40. The summed E-state index contributed by atoms with van der Waals surface area (Å²) in [6, 6.07) is 12.0. The molecule has 1 aliphatic rings. The maximum atomic E-state index is 12.9. The number of sulfonamides is 1. The summed E-state index contributed by atoms with van der Waals surface area (Å²) in [6.07, 6.45) is 0. The molecule has 2 aromatic carbocycles. The number of hydrogen-bond acceptors (Lipinski definition) is 8. The van der Waals surface area contributed by atoms with Crippen LogP contribution in [-0.2, 0) is 16.7 Å². The molecule has 0 spiro atoms. The molecule has 0 N–H and O–H groups in total. The van der Waals surface area contributed by atoms with E-state index in [0.717, 1.165) is 0 Å². The van der Waals surface area contributed by atoms with Gasteiger partial charge in [0.2, 0.25) is 15.9 Å². The Morgan fingerprint density at radius 3 is 2.44 bits per heavy atom. The molecule has 1 fully saturated rings. The third kappa shape index (κ3) is 4.74. The Labute approximate surface area is 193 Å². The van der Waals surface area contributed by atoms with Gasteiger partial charge in [0.15, 0.2) is 0 Å². The average Bonchev–Trinajstić information content (AvgIpc) is 3.14. The van der Waals surface area contributed by atoms with Gasteiger partial charge in [-0.2, -0.15) is 4.31 Å². The monoisotopic (exact) mass is 495 g/mol. The van der Waals surface area contributed by atoms with Gasteiger partial charge in [0.1, 0.15) is 0 Å². The summed E-state index contributed by atoms with van der Waals surface area (Å²) in [5.41, 5.74) is 0.552. The zero-order valence-electron chi connectivity index (χ0n) is 16.6. The normalized spacial score (nSPS) is 15.7. The lowest BCUT2D eigenvalue weighted by molar-refractivity contribution is -0.384. The lowest BCUT2D eigenvalue weighted by atomic mass is 10.2. The zero-order valence-corrected chi connectivity index (χ0v) is 19.0. The van der Waals surface area contributed by atoms with E-state index in [1.807, 2.05) is 11.0 Å². The van der Waals surface area contributed by atoms with Gasteiger partial charge in [-0.1, -0.05) is 17.7 Å². The molecule has 4 rings (SSSR count). The first kappa shape index (κ1) is 22.6. The van der Waals surface area contributed by atoms with E-state index in [1.54, 1.807) is 22.9 Å². The molecule has 1 saturated heterocycles. The molecule has 0 amide bonds. The van der Waals surface area contributed by atoms with E-state index in [4.69, 9.17) is 28.2 Å². The Morgan fingerprint density at radius 2 is 1.81 bits per heavy atom. The number of nitro benzene ring substituents is 1. The summed E-state index contributed by atoms with van der Waals surface area (Å²) in [6.45, 7) is 1.83. The molecule has 0 bridgehead atoms. The van der Waals surface area contributed by atoms with Crippen molar-refractivity contribution in [3.63, 3.8) is 0 Å². The van der Waals surface area contributed by atoms with Crippen molar-refractivity contribution in [3.05, 3.63) is 68.5 Å². The standard InChI is InChI=1S/C19H18ClN5O5S2/c20-15-3-1-2-14(12-15)18-21-24(19(31)30-18)13-22-8-10-23(11-9-22)32(28,29)17-6-4-16(5-7-17)25(26)27/h1-7,12H,8-11,13H2. The molecule has 13 heteroatoms. The fraction of sp³-hybridized carbons (Fsp3) is 0.263. The molecule has 0 aliphatic carbocycles. The van der Waals surface area contributed by atoms with Gasteiger partial charge in [-0.05, 0) is 42.5 Å². The molecule has 0 saturated carbocycles. The fourth-order valence-electron chi connectivity index (χ4n) is 3.32. The second-order valence-electron chi connectivity index (χ2n) is 7.10. The first-order valence-corrected chi connectivity index (χ1v) is 11.8. The molecule has 32 heavy (non-hydrogen) atoms. The van der Waals surface area contributed by atoms with Crippen LogP contribution in [0.2, 0.25) is 5.02 Å². The van der Waals surface area contributed by atoms with Crippen LogP contribution >= 0.6 is 23.8 Å². The first-order valence-electron chi connectivity index (χ1n) is 9.55. The van der Waals surface area contributed by atoms with Gasteiger partial charge in [-0.3, -0.25) is 15.0 Å². The predicted molar refractivity (Wildman–Crippen MR) is 119 cm³/mol. The van der Waals surface area contributed by atoms with Crippen molar-refractivity contribution in [1.82, 2.24) is 19.0 Å². The van der Waals surface area contributed by atoms with Crippen LogP contribution in [0.1, 0.15) is 0 Å². The largest absolute Gasteiger partial charge is 0.409 e. The Kier molecular flexibility index (Phi) is 6.40. The van der Waals surface area contributed by atoms with Crippen LogP contribution in [0.5, 0.6) is 0 Å². The topological polar surface area (TPSA) is 115 Å². The number of nitro groups is 1. The minimum absolute atomic E-state index is 0.0291. The maximum absolute atomic E-state index is 12.9. The highest BCUT2D eigenvalue weighted by Crippen LogP contribution is 2.23. The lowest BCUT2D eigenvalue weighted by Gasteiger charge is -2.33. The van der Waals surface area contributed by atoms with Crippen molar-refractivity contribution in [2.45, 2.75) is 11.6 Å². The molecule has 10 nitrogen and oxygen atoms in total. The molecule has 0 radical (unpaired) electrons. The third-order valence-electron chi connectivity index (χ3n) is 5.03. The van der Waals surface area contributed by atoms with Gasteiger partial charge in [0, 0.05) is 48.9 Å². The highest BCUT2D eigenvalue weighted by atomic mass is 35.5. The maximum Gasteiger partial charge on any atom is 0.288 e. The number of benzene rings is 2. The molecule has 1 aromatic heterocycles. The van der Waals surface area contributed by atoms with Crippen molar-refractivity contribution in [2.24, 2.45) is 0 Å². The van der Waals surface area contributed by atoms with Crippen LogP contribution in [-0.4, -0.2) is 58.5 Å². The number of aromatic nitrogens is 2. The Balaban J connectivity index is 1.41. The SMILES string of the molecule is O=[N+]([O-])c1ccc(S(=O)(=O)N2CCN(Cn3nc(-c4cccc(Cl)c4)oc3=S)CC2)cc1. The van der Waals surface area contributed by atoms with E-state index < -0.39 is 14.9 Å². The zero-order chi connectivity index (χ0) is 22.9. The number of non-ortho nitro benzene ring substituents is 1. The molecule has 1 aliphatic heterocycles. The average molecular weight is 496 g/mol. The second kappa shape index (κ2) is 9.08. The molecular formula is C19H18ClN5O5S2. The van der Waals surface area contributed by atoms with Gasteiger partial charge in [0.05, 0.1) is 16.5 Å². The fourth-order valence-corrected chi connectivity index (χ4v) is 5.11. The van der Waals surface area contributed by atoms with Gasteiger partial charge in [-0.25, -0.2) is 13.1 Å². The van der Waals surface area contributed by atoms with Gasteiger partial charge in [-0.15, -0.1) is 5.10 Å².